The quantitative estimate of drug-likeness (QED) is 0.720. The summed E-state index contributed by atoms with van der Waals surface area (Å²) in [6.45, 7) is 0. The van der Waals surface area contributed by atoms with E-state index < -0.39 is 23.2 Å². The second-order valence-electron chi connectivity index (χ2n) is 5.06. The van der Waals surface area contributed by atoms with Crippen molar-refractivity contribution >= 4 is 34.5 Å². The molecule has 0 aliphatic heterocycles. The molecule has 7 heteroatoms. The topological polar surface area (TPSA) is 58.2 Å². The van der Waals surface area contributed by atoms with Crippen molar-refractivity contribution in [3.8, 4) is 0 Å². The highest BCUT2D eigenvalue weighted by Crippen LogP contribution is 2.20. The van der Waals surface area contributed by atoms with E-state index in [4.69, 9.17) is 0 Å². The Balaban J connectivity index is 1.77. The average Bonchev–Trinajstić information content (AvgIpc) is 3.13. The predicted molar refractivity (Wildman–Crippen MR) is 93.0 cm³/mol. The van der Waals surface area contributed by atoms with E-state index in [1.807, 2.05) is 0 Å². The van der Waals surface area contributed by atoms with Crippen LogP contribution in [0.3, 0.4) is 0 Å². The first-order chi connectivity index (χ1) is 12.0. The van der Waals surface area contributed by atoms with E-state index in [-0.39, 0.29) is 11.5 Å². The number of benzene rings is 2. The lowest BCUT2D eigenvalue weighted by molar-refractivity contribution is 0.101. The Morgan fingerprint density at radius 1 is 0.840 bits per heavy atom. The Labute approximate surface area is 146 Å². The van der Waals surface area contributed by atoms with Crippen LogP contribution in [0.25, 0.3) is 0 Å². The van der Waals surface area contributed by atoms with Crippen LogP contribution in [-0.2, 0) is 0 Å². The fourth-order valence-electron chi connectivity index (χ4n) is 2.14. The lowest BCUT2D eigenvalue weighted by Crippen LogP contribution is -2.15. The van der Waals surface area contributed by atoms with Crippen LogP contribution >= 0.6 is 11.3 Å². The number of thiophene rings is 1. The van der Waals surface area contributed by atoms with Gasteiger partial charge in [0.2, 0.25) is 0 Å². The van der Waals surface area contributed by atoms with Gasteiger partial charge in [-0.05, 0) is 41.8 Å². The van der Waals surface area contributed by atoms with E-state index in [1.165, 1.54) is 29.5 Å². The molecule has 0 radical (unpaired) electrons. The van der Waals surface area contributed by atoms with Crippen LogP contribution in [-0.4, -0.2) is 11.8 Å². The second kappa shape index (κ2) is 7.23. The summed E-state index contributed by atoms with van der Waals surface area (Å²) >= 11 is 1.29. The van der Waals surface area contributed by atoms with Crippen LogP contribution in [0.4, 0.5) is 20.2 Å². The predicted octanol–water partition coefficient (Wildman–Crippen LogP) is 4.53. The smallest absolute Gasteiger partial charge is 0.265 e. The van der Waals surface area contributed by atoms with Crippen molar-refractivity contribution in [1.29, 1.82) is 0 Å². The number of rotatable bonds is 4. The molecule has 1 heterocycles. The molecule has 2 aromatic carbocycles. The second-order valence-corrected chi connectivity index (χ2v) is 6.01. The van der Waals surface area contributed by atoms with E-state index in [0.29, 0.717) is 10.6 Å². The highest BCUT2D eigenvalue weighted by molar-refractivity contribution is 7.12. The third kappa shape index (κ3) is 3.89. The van der Waals surface area contributed by atoms with Crippen molar-refractivity contribution in [2.75, 3.05) is 10.6 Å². The third-order valence-electron chi connectivity index (χ3n) is 3.33. The Morgan fingerprint density at radius 3 is 2.24 bits per heavy atom. The molecule has 0 atom stereocenters. The van der Waals surface area contributed by atoms with Crippen molar-refractivity contribution in [3.63, 3.8) is 0 Å². The van der Waals surface area contributed by atoms with Crippen LogP contribution in [0, 0.1) is 11.6 Å². The first kappa shape index (κ1) is 16.8. The summed E-state index contributed by atoms with van der Waals surface area (Å²) in [4.78, 5) is 24.8. The number of anilines is 2. The maximum Gasteiger partial charge on any atom is 0.265 e. The van der Waals surface area contributed by atoms with Crippen molar-refractivity contribution in [3.05, 3.63) is 82.1 Å². The van der Waals surface area contributed by atoms with Crippen LogP contribution < -0.4 is 10.6 Å². The summed E-state index contributed by atoms with van der Waals surface area (Å²) in [7, 11) is 0. The molecule has 1 aromatic heterocycles. The van der Waals surface area contributed by atoms with Crippen LogP contribution in [0.2, 0.25) is 0 Å². The Bertz CT molecular complexity index is 906. The van der Waals surface area contributed by atoms with Gasteiger partial charge in [-0.2, -0.15) is 0 Å². The van der Waals surface area contributed by atoms with Gasteiger partial charge in [0.05, 0.1) is 4.88 Å². The standard InChI is InChI=1S/C18H12F2N2O2S/c19-13-6-2-7-14(20)16(13)22-17(23)11-4-1-5-12(10-11)21-18(24)15-8-3-9-25-15/h1-10H,(H,21,24)(H,22,23). The van der Waals surface area contributed by atoms with Crippen LogP contribution in [0.15, 0.2) is 60.0 Å². The molecule has 2 amide bonds. The summed E-state index contributed by atoms with van der Waals surface area (Å²) in [5.41, 5.74) is 0.0483. The van der Waals surface area contributed by atoms with Gasteiger partial charge in [-0.15, -0.1) is 11.3 Å². The van der Waals surface area contributed by atoms with Crippen LogP contribution in [0.1, 0.15) is 20.0 Å². The van der Waals surface area contributed by atoms with Gasteiger partial charge in [-0.3, -0.25) is 9.59 Å². The van der Waals surface area contributed by atoms with Crippen LogP contribution in [0.5, 0.6) is 0 Å². The van der Waals surface area contributed by atoms with Gasteiger partial charge in [0.25, 0.3) is 11.8 Å². The van der Waals surface area contributed by atoms with Crippen molar-refractivity contribution in [1.82, 2.24) is 0 Å². The molecule has 0 bridgehead atoms. The zero-order valence-corrected chi connectivity index (χ0v) is 13.6. The molecule has 2 N–H and O–H groups in total. The van der Waals surface area contributed by atoms with E-state index in [0.717, 1.165) is 12.1 Å². The summed E-state index contributed by atoms with van der Waals surface area (Å²) in [5, 5.41) is 6.65. The Kier molecular flexibility index (Phi) is 4.85. The zero-order valence-electron chi connectivity index (χ0n) is 12.8. The van der Waals surface area contributed by atoms with Gasteiger partial charge in [-0.25, -0.2) is 8.78 Å². The van der Waals surface area contributed by atoms with Crippen molar-refractivity contribution < 1.29 is 18.4 Å². The number of carbonyl (C=O) groups excluding carboxylic acids is 2. The molecule has 4 nitrogen and oxygen atoms in total. The summed E-state index contributed by atoms with van der Waals surface area (Å²) in [5.74, 6) is -2.71. The van der Waals surface area contributed by atoms with E-state index in [9.17, 15) is 18.4 Å². The lowest BCUT2D eigenvalue weighted by atomic mass is 10.1. The van der Waals surface area contributed by atoms with Gasteiger partial charge >= 0.3 is 0 Å². The molecule has 3 rings (SSSR count). The number of para-hydroxylation sites is 1. The summed E-state index contributed by atoms with van der Waals surface area (Å²) in [6.07, 6.45) is 0. The molecular formula is C18H12F2N2O2S. The number of nitrogens with one attached hydrogen (secondary N) is 2. The highest BCUT2D eigenvalue weighted by atomic mass is 32.1. The number of carbonyl (C=O) groups is 2. The minimum absolute atomic E-state index is 0.159. The van der Waals surface area contributed by atoms with Gasteiger partial charge in [-0.1, -0.05) is 18.2 Å². The molecule has 0 aliphatic carbocycles. The lowest BCUT2D eigenvalue weighted by Gasteiger charge is -2.09. The molecule has 0 spiro atoms. The van der Waals surface area contributed by atoms with Gasteiger partial charge in [0.15, 0.2) is 0 Å². The molecule has 0 saturated carbocycles. The number of amides is 2. The molecule has 0 saturated heterocycles. The normalized spacial score (nSPS) is 10.3. The molecule has 3 aromatic rings. The van der Waals surface area contributed by atoms with E-state index in [1.54, 1.807) is 29.6 Å². The average molecular weight is 358 g/mol. The largest absolute Gasteiger partial charge is 0.321 e. The van der Waals surface area contributed by atoms with E-state index >= 15 is 0 Å². The number of hydrogen-bond donors (Lipinski definition) is 2. The fraction of sp³-hybridized carbons (Fsp3) is 0. The first-order valence-electron chi connectivity index (χ1n) is 7.25. The maximum atomic E-state index is 13.6. The summed E-state index contributed by atoms with van der Waals surface area (Å²) in [6, 6.07) is 12.8. The molecule has 0 fully saturated rings. The molecule has 25 heavy (non-hydrogen) atoms. The minimum atomic E-state index is -0.865. The van der Waals surface area contributed by atoms with Gasteiger partial charge in [0.1, 0.15) is 17.3 Å². The molecule has 0 unspecified atom stereocenters. The number of halogens is 2. The number of hydrogen-bond acceptors (Lipinski definition) is 3. The van der Waals surface area contributed by atoms with Crippen molar-refractivity contribution in [2.45, 2.75) is 0 Å². The molecular weight excluding hydrogens is 346 g/mol. The molecule has 0 aliphatic rings. The maximum absolute atomic E-state index is 13.6. The zero-order chi connectivity index (χ0) is 17.8. The minimum Gasteiger partial charge on any atom is -0.321 e. The van der Waals surface area contributed by atoms with Crippen molar-refractivity contribution in [2.24, 2.45) is 0 Å². The third-order valence-corrected chi connectivity index (χ3v) is 4.20. The van der Waals surface area contributed by atoms with Gasteiger partial charge < -0.3 is 10.6 Å². The Hall–Kier alpha value is -3.06. The summed E-state index contributed by atoms with van der Waals surface area (Å²) < 4.78 is 27.2. The fourth-order valence-corrected chi connectivity index (χ4v) is 2.76. The van der Waals surface area contributed by atoms with Gasteiger partial charge in [0, 0.05) is 11.3 Å². The van der Waals surface area contributed by atoms with E-state index in [2.05, 4.69) is 10.6 Å². The molecule has 126 valence electrons. The Morgan fingerprint density at radius 2 is 1.56 bits per heavy atom. The monoisotopic (exact) mass is 358 g/mol. The SMILES string of the molecule is O=C(Nc1c(F)cccc1F)c1cccc(NC(=O)c2cccs2)c1. The highest BCUT2D eigenvalue weighted by Gasteiger charge is 2.14. The first-order valence-corrected chi connectivity index (χ1v) is 8.13.